The lowest BCUT2D eigenvalue weighted by Gasteiger charge is -2.05. The minimum absolute atomic E-state index is 0.127. The van der Waals surface area contributed by atoms with Gasteiger partial charge in [0.15, 0.2) is 0 Å². The molecule has 20 heavy (non-hydrogen) atoms. The summed E-state index contributed by atoms with van der Waals surface area (Å²) < 4.78 is 0. The molecule has 0 fully saturated rings. The molecule has 0 aliphatic rings. The van der Waals surface area contributed by atoms with Crippen LogP contribution in [0.4, 0.5) is 0 Å². The molecule has 108 valence electrons. The number of hydrogen-bond donors (Lipinski definition) is 2. The molecule has 1 rings (SSSR count). The van der Waals surface area contributed by atoms with Crippen molar-refractivity contribution in [3.8, 4) is 0 Å². The van der Waals surface area contributed by atoms with Gasteiger partial charge in [0.25, 0.3) is 5.91 Å². The topological polar surface area (TPSA) is 70.6 Å². The minimum Gasteiger partial charge on any atom is -0.356 e. The summed E-state index contributed by atoms with van der Waals surface area (Å²) in [5.41, 5.74) is 3.11. The fraction of sp³-hybridized carbons (Fsp3) is 0.308. The molecule has 2 N–H and O–H groups in total. The summed E-state index contributed by atoms with van der Waals surface area (Å²) in [5.74, 6) is -0.602. The smallest absolute Gasteiger partial charge is 0.272 e. The van der Waals surface area contributed by atoms with Crippen molar-refractivity contribution in [1.29, 1.82) is 0 Å². The van der Waals surface area contributed by atoms with Crippen molar-refractivity contribution in [1.82, 2.24) is 10.7 Å². The summed E-state index contributed by atoms with van der Waals surface area (Å²) in [6, 6.07) is 4.55. The van der Waals surface area contributed by atoms with Crippen LogP contribution in [0.5, 0.6) is 0 Å². The van der Waals surface area contributed by atoms with Gasteiger partial charge in [-0.2, -0.15) is 5.10 Å². The summed E-state index contributed by atoms with van der Waals surface area (Å²) in [4.78, 5) is 23.2. The molecule has 7 heteroatoms. The summed E-state index contributed by atoms with van der Waals surface area (Å²) in [5, 5.41) is 7.18. The maximum absolute atomic E-state index is 11.8. The average molecular weight is 316 g/mol. The van der Waals surface area contributed by atoms with E-state index in [1.807, 2.05) is 6.92 Å². The molecule has 0 heterocycles. The van der Waals surface area contributed by atoms with Crippen molar-refractivity contribution >= 4 is 40.7 Å². The highest BCUT2D eigenvalue weighted by Gasteiger charge is 2.10. The van der Waals surface area contributed by atoms with Gasteiger partial charge in [-0.3, -0.25) is 9.59 Å². The van der Waals surface area contributed by atoms with Gasteiger partial charge >= 0.3 is 0 Å². The Balaban J connectivity index is 2.64. The van der Waals surface area contributed by atoms with Gasteiger partial charge in [0, 0.05) is 17.3 Å². The number of amides is 2. The Morgan fingerprint density at radius 2 is 2.00 bits per heavy atom. The van der Waals surface area contributed by atoms with E-state index in [1.165, 1.54) is 12.1 Å². The van der Waals surface area contributed by atoms with Gasteiger partial charge in [-0.1, -0.05) is 23.2 Å². The molecule has 0 aromatic heterocycles. The highest BCUT2D eigenvalue weighted by atomic mass is 35.5. The Bertz CT molecular complexity index is 544. The fourth-order valence-electron chi connectivity index (χ4n) is 1.41. The monoisotopic (exact) mass is 315 g/mol. The van der Waals surface area contributed by atoms with Crippen LogP contribution < -0.4 is 10.7 Å². The molecule has 0 aliphatic carbocycles. The summed E-state index contributed by atoms with van der Waals surface area (Å²) in [6.45, 7) is 4.03. The van der Waals surface area contributed by atoms with Crippen LogP contribution in [-0.4, -0.2) is 24.1 Å². The molecular weight excluding hydrogens is 301 g/mol. The average Bonchev–Trinajstić information content (AvgIpc) is 2.36. The maximum Gasteiger partial charge on any atom is 0.272 e. The number of carbonyl (C=O) groups excluding carboxylic acids is 2. The number of benzene rings is 1. The summed E-state index contributed by atoms with van der Waals surface area (Å²) >= 11 is 11.7. The van der Waals surface area contributed by atoms with Gasteiger partial charge in [-0.05, 0) is 32.0 Å². The molecule has 0 bridgehead atoms. The van der Waals surface area contributed by atoms with Crippen LogP contribution in [0.15, 0.2) is 23.3 Å². The summed E-state index contributed by atoms with van der Waals surface area (Å²) in [7, 11) is 0. The molecule has 0 unspecified atom stereocenters. The van der Waals surface area contributed by atoms with E-state index in [0.717, 1.165) is 0 Å². The number of hydrogen-bond acceptors (Lipinski definition) is 3. The molecule has 0 spiro atoms. The zero-order valence-corrected chi connectivity index (χ0v) is 12.7. The first-order chi connectivity index (χ1) is 9.43. The molecule has 1 aromatic carbocycles. The number of hydrazone groups is 1. The number of nitrogens with one attached hydrogen (secondary N) is 2. The lowest BCUT2D eigenvalue weighted by atomic mass is 10.2. The molecular formula is C13H15Cl2N3O2. The van der Waals surface area contributed by atoms with E-state index < -0.39 is 5.91 Å². The van der Waals surface area contributed by atoms with Gasteiger partial charge in [0.2, 0.25) is 5.91 Å². The fourth-order valence-corrected chi connectivity index (χ4v) is 1.91. The SMILES string of the molecule is CCNC(=O)C/C(C)=N\NC(=O)c1ccc(Cl)cc1Cl. The van der Waals surface area contributed by atoms with Gasteiger partial charge in [0.1, 0.15) is 0 Å². The van der Waals surface area contributed by atoms with E-state index in [-0.39, 0.29) is 22.9 Å². The van der Waals surface area contributed by atoms with E-state index in [1.54, 1.807) is 13.0 Å². The maximum atomic E-state index is 11.8. The van der Waals surface area contributed by atoms with Gasteiger partial charge < -0.3 is 5.32 Å². The van der Waals surface area contributed by atoms with Crippen molar-refractivity contribution in [2.24, 2.45) is 5.10 Å². The van der Waals surface area contributed by atoms with Crippen molar-refractivity contribution in [3.63, 3.8) is 0 Å². The van der Waals surface area contributed by atoms with Crippen LogP contribution in [-0.2, 0) is 4.79 Å². The number of halogens is 2. The van der Waals surface area contributed by atoms with E-state index >= 15 is 0 Å². The highest BCUT2D eigenvalue weighted by molar-refractivity contribution is 6.36. The molecule has 2 amide bonds. The predicted octanol–water partition coefficient (Wildman–Crippen LogP) is 2.63. The quantitative estimate of drug-likeness (QED) is 0.647. The third-order valence-electron chi connectivity index (χ3n) is 2.31. The number of nitrogens with zero attached hydrogens (tertiary/aromatic N) is 1. The molecule has 0 aliphatic heterocycles. The largest absolute Gasteiger partial charge is 0.356 e. The van der Waals surface area contributed by atoms with E-state index in [0.29, 0.717) is 17.3 Å². The van der Waals surface area contributed by atoms with Crippen molar-refractivity contribution in [3.05, 3.63) is 33.8 Å². The van der Waals surface area contributed by atoms with Crippen LogP contribution >= 0.6 is 23.2 Å². The first-order valence-electron chi connectivity index (χ1n) is 5.99. The van der Waals surface area contributed by atoms with Gasteiger partial charge in [-0.25, -0.2) is 5.43 Å². The van der Waals surface area contributed by atoms with Crippen LogP contribution in [0.1, 0.15) is 30.6 Å². The van der Waals surface area contributed by atoms with Gasteiger partial charge in [0.05, 0.1) is 17.0 Å². The van der Waals surface area contributed by atoms with E-state index in [4.69, 9.17) is 23.2 Å². The standard InChI is InChI=1S/C13H15Cl2N3O2/c1-3-16-12(19)6-8(2)17-18-13(20)10-5-4-9(14)7-11(10)15/h4-5,7H,3,6H2,1-2H3,(H,16,19)(H,18,20)/b17-8-. The Labute approximate surface area is 127 Å². The molecule has 0 atom stereocenters. The van der Waals surface area contributed by atoms with Crippen LogP contribution in [0.25, 0.3) is 0 Å². The third-order valence-corrected chi connectivity index (χ3v) is 2.86. The Morgan fingerprint density at radius 1 is 1.30 bits per heavy atom. The second-order valence-corrected chi connectivity index (χ2v) is 4.89. The second kappa shape index (κ2) is 7.87. The number of rotatable bonds is 5. The van der Waals surface area contributed by atoms with E-state index in [2.05, 4.69) is 15.8 Å². The lowest BCUT2D eigenvalue weighted by Crippen LogP contribution is -2.26. The van der Waals surface area contributed by atoms with Crippen LogP contribution in [0, 0.1) is 0 Å². The second-order valence-electron chi connectivity index (χ2n) is 4.04. The highest BCUT2D eigenvalue weighted by Crippen LogP contribution is 2.20. The zero-order valence-electron chi connectivity index (χ0n) is 11.2. The minimum atomic E-state index is -0.457. The predicted molar refractivity (Wildman–Crippen MR) is 80.3 cm³/mol. The third kappa shape index (κ3) is 5.19. The van der Waals surface area contributed by atoms with E-state index in [9.17, 15) is 9.59 Å². The first-order valence-corrected chi connectivity index (χ1v) is 6.75. The van der Waals surface area contributed by atoms with Crippen molar-refractivity contribution in [2.75, 3.05) is 6.54 Å². The Hall–Kier alpha value is -1.59. The molecule has 0 saturated carbocycles. The Kier molecular flexibility index (Phi) is 6.48. The molecule has 0 radical (unpaired) electrons. The van der Waals surface area contributed by atoms with Gasteiger partial charge in [-0.15, -0.1) is 0 Å². The molecule has 5 nitrogen and oxygen atoms in total. The normalized spacial score (nSPS) is 11.1. The molecule has 0 saturated heterocycles. The summed E-state index contributed by atoms with van der Waals surface area (Å²) in [6.07, 6.45) is 0.127. The first kappa shape index (κ1) is 16.5. The Morgan fingerprint density at radius 3 is 2.60 bits per heavy atom. The zero-order chi connectivity index (χ0) is 15.1. The van der Waals surface area contributed by atoms with Crippen LogP contribution in [0.3, 0.4) is 0 Å². The van der Waals surface area contributed by atoms with Crippen molar-refractivity contribution < 1.29 is 9.59 Å². The number of carbonyl (C=O) groups is 2. The van der Waals surface area contributed by atoms with Crippen molar-refractivity contribution in [2.45, 2.75) is 20.3 Å². The molecule has 1 aromatic rings. The lowest BCUT2D eigenvalue weighted by molar-refractivity contribution is -0.119. The van der Waals surface area contributed by atoms with Crippen LogP contribution in [0.2, 0.25) is 10.0 Å².